The van der Waals surface area contributed by atoms with Crippen LogP contribution in [0.4, 0.5) is 4.79 Å². The Bertz CT molecular complexity index is 1110. The van der Waals surface area contributed by atoms with Crippen molar-refractivity contribution in [1.82, 2.24) is 14.0 Å². The second-order valence-corrected chi connectivity index (χ2v) is 6.02. The normalized spacial score (nSPS) is 11.2. The fourth-order valence-electron chi connectivity index (χ4n) is 3.21. The Morgan fingerprint density at radius 3 is 2.65 bits per heavy atom. The number of imidazole rings is 1. The van der Waals surface area contributed by atoms with Crippen LogP contribution < -0.4 is 4.74 Å². The summed E-state index contributed by atoms with van der Waals surface area (Å²) in [6.45, 7) is 4.06. The minimum Gasteiger partial charge on any atom is -0.497 e. The number of rotatable bonds is 3. The third-order valence-corrected chi connectivity index (χ3v) is 4.36. The Hall–Kier alpha value is -3.28. The molecule has 0 radical (unpaired) electrons. The van der Waals surface area contributed by atoms with E-state index < -0.39 is 6.09 Å². The molecule has 4 rings (SSSR count). The van der Waals surface area contributed by atoms with Crippen LogP contribution in [0.1, 0.15) is 12.6 Å². The van der Waals surface area contributed by atoms with E-state index in [1.807, 2.05) is 60.1 Å². The summed E-state index contributed by atoms with van der Waals surface area (Å²) >= 11 is 0. The van der Waals surface area contributed by atoms with Crippen LogP contribution in [0.15, 0.2) is 48.8 Å². The molecule has 0 bridgehead atoms. The molecular formula is C20H19N3O3. The molecule has 4 aromatic rings. The van der Waals surface area contributed by atoms with Gasteiger partial charge in [-0.15, -0.1) is 0 Å². The number of fused-ring (bicyclic) bond motifs is 3. The van der Waals surface area contributed by atoms with Crippen molar-refractivity contribution in [2.75, 3.05) is 13.7 Å². The lowest BCUT2D eigenvalue weighted by atomic mass is 10.1. The van der Waals surface area contributed by atoms with Gasteiger partial charge in [0.1, 0.15) is 11.4 Å². The molecule has 3 heterocycles. The number of carbonyl (C=O) groups is 1. The zero-order valence-corrected chi connectivity index (χ0v) is 14.9. The first-order chi connectivity index (χ1) is 12.6. The van der Waals surface area contributed by atoms with E-state index in [4.69, 9.17) is 9.47 Å². The average Bonchev–Trinajstić information content (AvgIpc) is 3.21. The molecule has 0 atom stereocenters. The molecular weight excluding hydrogens is 330 g/mol. The van der Waals surface area contributed by atoms with Gasteiger partial charge in [-0.2, -0.15) is 0 Å². The van der Waals surface area contributed by atoms with Crippen LogP contribution in [0.2, 0.25) is 0 Å². The van der Waals surface area contributed by atoms with E-state index in [-0.39, 0.29) is 0 Å². The van der Waals surface area contributed by atoms with Gasteiger partial charge in [-0.25, -0.2) is 14.3 Å². The van der Waals surface area contributed by atoms with E-state index in [9.17, 15) is 4.79 Å². The molecule has 0 aliphatic rings. The number of aromatic nitrogens is 3. The van der Waals surface area contributed by atoms with Crippen molar-refractivity contribution in [2.45, 2.75) is 13.8 Å². The maximum absolute atomic E-state index is 12.7. The number of nitrogens with zero attached hydrogens (tertiary/aromatic N) is 3. The number of pyridine rings is 1. The largest absolute Gasteiger partial charge is 0.497 e. The van der Waals surface area contributed by atoms with Crippen LogP contribution in [-0.4, -0.2) is 33.8 Å². The first-order valence-corrected chi connectivity index (χ1v) is 8.43. The third-order valence-electron chi connectivity index (χ3n) is 4.36. The van der Waals surface area contributed by atoms with E-state index in [1.54, 1.807) is 18.6 Å². The zero-order valence-electron chi connectivity index (χ0n) is 14.9. The smallest absolute Gasteiger partial charge is 0.418 e. The van der Waals surface area contributed by atoms with Gasteiger partial charge >= 0.3 is 6.09 Å². The fourth-order valence-corrected chi connectivity index (χ4v) is 3.21. The summed E-state index contributed by atoms with van der Waals surface area (Å²) in [4.78, 5) is 17.3. The minimum absolute atomic E-state index is 0.311. The van der Waals surface area contributed by atoms with Crippen molar-refractivity contribution in [3.05, 3.63) is 54.5 Å². The van der Waals surface area contributed by atoms with Gasteiger partial charge in [0.05, 0.1) is 30.6 Å². The Balaban J connectivity index is 2.01. The molecule has 0 saturated carbocycles. The summed E-state index contributed by atoms with van der Waals surface area (Å²) in [5, 5.41) is 0.902. The van der Waals surface area contributed by atoms with Crippen molar-refractivity contribution >= 4 is 22.6 Å². The molecule has 3 aromatic heterocycles. The van der Waals surface area contributed by atoms with Crippen LogP contribution in [0.25, 0.3) is 27.8 Å². The molecule has 0 fully saturated rings. The molecule has 0 saturated heterocycles. The van der Waals surface area contributed by atoms with Gasteiger partial charge in [0.15, 0.2) is 0 Å². The number of carbonyl (C=O) groups excluding carboxylic acids is 1. The number of hydrogen-bond acceptors (Lipinski definition) is 4. The molecule has 1 aromatic carbocycles. The summed E-state index contributed by atoms with van der Waals surface area (Å²) in [7, 11) is 1.63. The molecule has 26 heavy (non-hydrogen) atoms. The number of benzene rings is 1. The zero-order chi connectivity index (χ0) is 18.3. The van der Waals surface area contributed by atoms with E-state index >= 15 is 0 Å². The second-order valence-electron chi connectivity index (χ2n) is 6.02. The van der Waals surface area contributed by atoms with Crippen molar-refractivity contribution in [3.63, 3.8) is 0 Å². The number of aryl methyl sites for hydroxylation is 1. The predicted octanol–water partition coefficient (Wildman–Crippen LogP) is 4.28. The lowest BCUT2D eigenvalue weighted by molar-refractivity contribution is 0.155. The highest BCUT2D eigenvalue weighted by Gasteiger charge is 2.19. The Kier molecular flexibility index (Phi) is 3.88. The van der Waals surface area contributed by atoms with Crippen LogP contribution in [-0.2, 0) is 4.74 Å². The third kappa shape index (κ3) is 2.50. The van der Waals surface area contributed by atoms with Gasteiger partial charge in [-0.1, -0.05) is 0 Å². The summed E-state index contributed by atoms with van der Waals surface area (Å²) < 4.78 is 14.1. The van der Waals surface area contributed by atoms with Crippen LogP contribution >= 0.6 is 0 Å². The highest BCUT2D eigenvalue weighted by molar-refractivity contribution is 6.02. The Labute approximate surface area is 150 Å². The van der Waals surface area contributed by atoms with E-state index in [0.717, 1.165) is 39.3 Å². The van der Waals surface area contributed by atoms with Crippen LogP contribution in [0, 0.1) is 6.92 Å². The summed E-state index contributed by atoms with van der Waals surface area (Å²) in [6, 6.07) is 11.5. The lowest BCUT2D eigenvalue weighted by Crippen LogP contribution is -2.14. The standard InChI is InChI=1S/C20H19N3O3/c1-4-26-20(24)23-17-9-10-22-12-13(2)21-19(22)16(17)11-18(23)14-5-7-15(25-3)8-6-14/h5-12H,4H2,1-3H3. The van der Waals surface area contributed by atoms with E-state index in [0.29, 0.717) is 6.61 Å². The molecule has 0 aliphatic carbocycles. The number of hydrogen-bond donors (Lipinski definition) is 0. The first kappa shape index (κ1) is 16.2. The molecule has 6 heteroatoms. The average molecular weight is 349 g/mol. The number of ether oxygens (including phenoxy) is 2. The van der Waals surface area contributed by atoms with Gasteiger partial charge in [-0.3, -0.25) is 0 Å². The molecule has 6 nitrogen and oxygen atoms in total. The molecule has 0 N–H and O–H groups in total. The van der Waals surface area contributed by atoms with Crippen molar-refractivity contribution in [3.8, 4) is 17.0 Å². The van der Waals surface area contributed by atoms with Gasteiger partial charge in [0, 0.05) is 17.8 Å². The summed E-state index contributed by atoms with van der Waals surface area (Å²) in [5.41, 5.74) is 4.17. The summed E-state index contributed by atoms with van der Waals surface area (Å²) in [6.07, 6.45) is 3.47. The molecule has 0 amide bonds. The molecule has 0 aliphatic heterocycles. The Morgan fingerprint density at radius 1 is 1.19 bits per heavy atom. The Morgan fingerprint density at radius 2 is 1.96 bits per heavy atom. The predicted molar refractivity (Wildman–Crippen MR) is 99.8 cm³/mol. The van der Waals surface area contributed by atoms with E-state index in [1.165, 1.54) is 0 Å². The van der Waals surface area contributed by atoms with Crippen LogP contribution in [0.5, 0.6) is 5.75 Å². The first-order valence-electron chi connectivity index (χ1n) is 8.43. The maximum Gasteiger partial charge on any atom is 0.418 e. The van der Waals surface area contributed by atoms with Crippen molar-refractivity contribution in [1.29, 1.82) is 0 Å². The van der Waals surface area contributed by atoms with Crippen LogP contribution in [0.3, 0.4) is 0 Å². The molecule has 0 spiro atoms. The monoisotopic (exact) mass is 349 g/mol. The fraction of sp³-hybridized carbons (Fsp3) is 0.200. The molecule has 132 valence electrons. The van der Waals surface area contributed by atoms with E-state index in [2.05, 4.69) is 4.98 Å². The second kappa shape index (κ2) is 6.22. The maximum atomic E-state index is 12.7. The van der Waals surface area contributed by atoms with Gasteiger partial charge in [-0.05, 0) is 55.8 Å². The van der Waals surface area contributed by atoms with Gasteiger partial charge in [0.2, 0.25) is 0 Å². The van der Waals surface area contributed by atoms with Crippen molar-refractivity contribution in [2.24, 2.45) is 0 Å². The summed E-state index contributed by atoms with van der Waals surface area (Å²) in [5.74, 6) is 0.763. The highest BCUT2D eigenvalue weighted by atomic mass is 16.5. The van der Waals surface area contributed by atoms with Gasteiger partial charge < -0.3 is 13.9 Å². The highest BCUT2D eigenvalue weighted by Crippen LogP contribution is 2.31. The number of methoxy groups -OCH3 is 1. The van der Waals surface area contributed by atoms with Crippen molar-refractivity contribution < 1.29 is 14.3 Å². The topological polar surface area (TPSA) is 57.8 Å². The quantitative estimate of drug-likeness (QED) is 0.554. The molecule has 0 unspecified atom stereocenters. The minimum atomic E-state index is -0.402. The van der Waals surface area contributed by atoms with Gasteiger partial charge in [0.25, 0.3) is 0 Å². The lowest BCUT2D eigenvalue weighted by Gasteiger charge is -2.10. The SMILES string of the molecule is CCOC(=O)n1c(-c2ccc(OC)cc2)cc2c1ccn1cc(C)nc21.